The van der Waals surface area contributed by atoms with Crippen LogP contribution in [0.15, 0.2) is 27.4 Å². The molecular weight excluding hydrogens is 432 g/mol. The third kappa shape index (κ3) is 5.03. The highest BCUT2D eigenvalue weighted by Crippen LogP contribution is 2.24. The molecule has 2 heterocycles. The average Bonchev–Trinajstić information content (AvgIpc) is 3.01. The van der Waals surface area contributed by atoms with Gasteiger partial charge in [0.15, 0.2) is 8.29 Å². The molecule has 0 N–H and O–H groups in total. The van der Waals surface area contributed by atoms with Gasteiger partial charge in [0.1, 0.15) is 0 Å². The van der Waals surface area contributed by atoms with E-state index in [0.29, 0.717) is 37.7 Å². The van der Waals surface area contributed by atoms with Gasteiger partial charge in [0.25, 0.3) is 0 Å². The minimum Gasteiger partial charge on any atom is -0.282 e. The summed E-state index contributed by atoms with van der Waals surface area (Å²) >= 11 is 8.72. The lowest BCUT2D eigenvalue weighted by atomic mass is 10.2. The Balaban J connectivity index is 1.64. The Bertz CT molecular complexity index is 976. The number of piperazine rings is 1. The number of aromatic nitrogens is 2. The number of hydrogen-bond acceptors (Lipinski definition) is 7. The smallest absolute Gasteiger partial charge is 0.243 e. The summed E-state index contributed by atoms with van der Waals surface area (Å²) in [7, 11) is -3.46. The van der Waals surface area contributed by atoms with Gasteiger partial charge in [0.05, 0.1) is 11.6 Å². The van der Waals surface area contributed by atoms with Crippen molar-refractivity contribution >= 4 is 45.3 Å². The number of rotatable bonds is 7. The molecule has 6 nitrogen and oxygen atoms in total. The van der Waals surface area contributed by atoms with Gasteiger partial charge in [-0.3, -0.25) is 4.90 Å². The van der Waals surface area contributed by atoms with Crippen LogP contribution in [0, 0.1) is 17.8 Å². The molecule has 1 aromatic carbocycles. The number of nitrogens with zero attached hydrogens (tertiary/aromatic N) is 4. The average molecular weight is 459 g/mol. The fraction of sp³-hybridized carbons (Fsp3) is 0.556. The Kier molecular flexibility index (Phi) is 7.32. The number of sulfonamides is 1. The molecule has 0 radical (unpaired) electrons. The second kappa shape index (κ2) is 9.36. The summed E-state index contributed by atoms with van der Waals surface area (Å²) in [6, 6.07) is 5.58. The Hall–Kier alpha value is -0.780. The van der Waals surface area contributed by atoms with Gasteiger partial charge in [-0.05, 0) is 49.7 Å². The van der Waals surface area contributed by atoms with Gasteiger partial charge in [0, 0.05) is 31.9 Å². The van der Waals surface area contributed by atoms with E-state index >= 15 is 0 Å². The maximum Gasteiger partial charge on any atom is 0.243 e. The van der Waals surface area contributed by atoms with Gasteiger partial charge in [-0.1, -0.05) is 42.2 Å². The third-order valence-electron chi connectivity index (χ3n) is 4.64. The van der Waals surface area contributed by atoms with Crippen molar-refractivity contribution in [2.45, 2.75) is 43.1 Å². The zero-order valence-corrected chi connectivity index (χ0v) is 19.7. The van der Waals surface area contributed by atoms with E-state index in [9.17, 15) is 8.42 Å². The first kappa shape index (κ1) is 21.9. The minimum absolute atomic E-state index is 0.417. The van der Waals surface area contributed by atoms with Crippen LogP contribution >= 0.6 is 35.3 Å². The van der Waals surface area contributed by atoms with Crippen molar-refractivity contribution in [3.8, 4) is 0 Å². The van der Waals surface area contributed by atoms with Crippen molar-refractivity contribution in [3.63, 3.8) is 0 Å². The van der Waals surface area contributed by atoms with Crippen molar-refractivity contribution in [2.24, 2.45) is 0 Å². The van der Waals surface area contributed by atoms with E-state index in [1.54, 1.807) is 33.5 Å². The molecule has 1 aromatic heterocycles. The van der Waals surface area contributed by atoms with Crippen LogP contribution in [0.1, 0.15) is 24.5 Å². The second-order valence-corrected chi connectivity index (χ2v) is 11.8. The Morgan fingerprint density at radius 2 is 1.93 bits per heavy atom. The maximum atomic E-state index is 13.1. The van der Waals surface area contributed by atoms with Crippen LogP contribution in [0.4, 0.5) is 0 Å². The molecule has 0 amide bonds. The number of thioether (sulfide) groups is 1. The molecule has 0 atom stereocenters. The van der Waals surface area contributed by atoms with Gasteiger partial charge in [-0.15, -0.1) is 0 Å². The van der Waals surface area contributed by atoms with Crippen molar-refractivity contribution in [2.75, 3.05) is 31.9 Å². The summed E-state index contributed by atoms with van der Waals surface area (Å²) in [6.45, 7) is 8.81. The molecule has 1 fully saturated rings. The SMILES string of the molecule is CCCSc1nn(CN2CCN(S(=O)(=O)c3cc(C)ccc3C)CC2)c(=S)s1. The number of benzene rings is 1. The molecule has 0 unspecified atom stereocenters. The molecule has 3 rings (SSSR count). The molecule has 0 spiro atoms. The zero-order valence-electron chi connectivity index (χ0n) is 16.4. The highest BCUT2D eigenvalue weighted by Gasteiger charge is 2.29. The molecule has 0 aliphatic carbocycles. The number of aryl methyl sites for hydroxylation is 2. The van der Waals surface area contributed by atoms with E-state index in [-0.39, 0.29) is 0 Å². The highest BCUT2D eigenvalue weighted by atomic mass is 32.2. The van der Waals surface area contributed by atoms with Gasteiger partial charge in [-0.2, -0.15) is 9.40 Å². The molecule has 154 valence electrons. The van der Waals surface area contributed by atoms with Gasteiger partial charge in [0.2, 0.25) is 10.0 Å². The molecule has 1 aliphatic heterocycles. The predicted molar refractivity (Wildman–Crippen MR) is 118 cm³/mol. The highest BCUT2D eigenvalue weighted by molar-refractivity contribution is 8.01. The molecule has 2 aromatic rings. The van der Waals surface area contributed by atoms with Crippen LogP contribution in [0.2, 0.25) is 0 Å². The first-order valence-electron chi connectivity index (χ1n) is 9.31. The first-order valence-corrected chi connectivity index (χ1v) is 13.0. The largest absolute Gasteiger partial charge is 0.282 e. The van der Waals surface area contributed by atoms with Gasteiger partial charge >= 0.3 is 0 Å². The summed E-state index contributed by atoms with van der Waals surface area (Å²) < 4.78 is 31.3. The molecule has 0 saturated carbocycles. The maximum absolute atomic E-state index is 13.1. The van der Waals surface area contributed by atoms with Crippen LogP contribution in [0.25, 0.3) is 0 Å². The summed E-state index contributed by atoms with van der Waals surface area (Å²) in [4.78, 5) is 2.62. The summed E-state index contributed by atoms with van der Waals surface area (Å²) in [5, 5.41) is 4.60. The van der Waals surface area contributed by atoms with E-state index in [1.165, 1.54) is 0 Å². The second-order valence-electron chi connectivity index (χ2n) is 6.91. The van der Waals surface area contributed by atoms with Crippen LogP contribution in [0.5, 0.6) is 0 Å². The van der Waals surface area contributed by atoms with Gasteiger partial charge in [-0.25, -0.2) is 13.1 Å². The van der Waals surface area contributed by atoms with E-state index in [2.05, 4.69) is 16.9 Å². The van der Waals surface area contributed by atoms with Crippen molar-refractivity contribution in [1.29, 1.82) is 0 Å². The Labute approximate surface area is 180 Å². The van der Waals surface area contributed by atoms with E-state index in [0.717, 1.165) is 31.6 Å². The summed E-state index contributed by atoms with van der Waals surface area (Å²) in [5.41, 5.74) is 1.75. The molecule has 1 aliphatic rings. The molecule has 1 saturated heterocycles. The summed E-state index contributed by atoms with van der Waals surface area (Å²) in [6.07, 6.45) is 1.11. The van der Waals surface area contributed by atoms with E-state index < -0.39 is 10.0 Å². The molecule has 0 bridgehead atoms. The van der Waals surface area contributed by atoms with Crippen LogP contribution in [-0.4, -0.2) is 59.3 Å². The fourth-order valence-corrected chi connectivity index (χ4v) is 7.03. The molecule has 28 heavy (non-hydrogen) atoms. The zero-order chi connectivity index (χ0) is 20.3. The van der Waals surface area contributed by atoms with Crippen LogP contribution in [-0.2, 0) is 16.7 Å². The Morgan fingerprint density at radius 3 is 2.61 bits per heavy atom. The normalized spacial score (nSPS) is 16.5. The van der Waals surface area contributed by atoms with Crippen molar-refractivity contribution < 1.29 is 8.42 Å². The standard InChI is InChI=1S/C18H26N4O2S4/c1-4-11-26-17-19-22(18(25)27-17)13-20-7-9-21(10-8-20)28(23,24)16-12-14(2)5-6-15(16)3/h5-6,12H,4,7-11,13H2,1-3H3. The summed E-state index contributed by atoms with van der Waals surface area (Å²) in [5.74, 6) is 1.04. The van der Waals surface area contributed by atoms with Gasteiger partial charge < -0.3 is 0 Å². The predicted octanol–water partition coefficient (Wildman–Crippen LogP) is 3.76. The molecule has 10 heteroatoms. The Morgan fingerprint density at radius 1 is 1.21 bits per heavy atom. The lowest BCUT2D eigenvalue weighted by Gasteiger charge is -2.34. The van der Waals surface area contributed by atoms with Crippen molar-refractivity contribution in [3.05, 3.63) is 33.3 Å². The van der Waals surface area contributed by atoms with E-state index in [4.69, 9.17) is 12.2 Å². The quantitative estimate of drug-likeness (QED) is 0.465. The lowest BCUT2D eigenvalue weighted by Crippen LogP contribution is -2.49. The first-order chi connectivity index (χ1) is 13.3. The topological polar surface area (TPSA) is 58.4 Å². The number of hydrogen-bond donors (Lipinski definition) is 0. The minimum atomic E-state index is -3.46. The third-order valence-corrected chi connectivity index (χ3v) is 9.33. The van der Waals surface area contributed by atoms with Crippen molar-refractivity contribution in [1.82, 2.24) is 19.0 Å². The monoisotopic (exact) mass is 458 g/mol. The lowest BCUT2D eigenvalue weighted by molar-refractivity contribution is 0.144. The van der Waals surface area contributed by atoms with E-state index in [1.807, 2.05) is 30.7 Å². The van der Waals surface area contributed by atoms with Crippen LogP contribution < -0.4 is 0 Å². The fourth-order valence-electron chi connectivity index (χ4n) is 3.05. The van der Waals surface area contributed by atoms with Crippen LogP contribution in [0.3, 0.4) is 0 Å². The molecular formula is C18H26N4O2S4.